The van der Waals surface area contributed by atoms with Gasteiger partial charge in [0.15, 0.2) is 0 Å². The molecular formula is C22H30N4O2. The van der Waals surface area contributed by atoms with Gasteiger partial charge >= 0.3 is 6.03 Å². The molecule has 0 saturated carbocycles. The number of carbonyl (C=O) groups excluding carboxylic acids is 1. The van der Waals surface area contributed by atoms with Crippen molar-refractivity contribution in [2.45, 2.75) is 6.04 Å². The van der Waals surface area contributed by atoms with Crippen molar-refractivity contribution >= 4 is 11.7 Å². The Morgan fingerprint density at radius 2 is 1.68 bits per heavy atom. The van der Waals surface area contributed by atoms with E-state index in [9.17, 15) is 4.79 Å². The fourth-order valence-corrected chi connectivity index (χ4v) is 3.61. The Balaban J connectivity index is 1.54. The van der Waals surface area contributed by atoms with Gasteiger partial charge in [-0.2, -0.15) is 0 Å². The van der Waals surface area contributed by atoms with E-state index in [-0.39, 0.29) is 12.1 Å². The summed E-state index contributed by atoms with van der Waals surface area (Å²) >= 11 is 0. The van der Waals surface area contributed by atoms with Crippen LogP contribution in [0.3, 0.4) is 0 Å². The molecule has 150 valence electrons. The minimum Gasteiger partial charge on any atom is -0.495 e. The van der Waals surface area contributed by atoms with Gasteiger partial charge in [-0.25, -0.2) is 4.79 Å². The van der Waals surface area contributed by atoms with E-state index in [2.05, 4.69) is 33.3 Å². The van der Waals surface area contributed by atoms with Crippen LogP contribution in [-0.2, 0) is 0 Å². The number of piperazine rings is 1. The zero-order valence-corrected chi connectivity index (χ0v) is 17.0. The summed E-state index contributed by atoms with van der Waals surface area (Å²) in [6, 6.07) is 18.5. The maximum absolute atomic E-state index is 12.7. The highest BCUT2D eigenvalue weighted by molar-refractivity contribution is 5.74. The van der Waals surface area contributed by atoms with Gasteiger partial charge in [0, 0.05) is 32.7 Å². The van der Waals surface area contributed by atoms with Crippen LogP contribution in [0.15, 0.2) is 54.6 Å². The van der Waals surface area contributed by atoms with Crippen LogP contribution in [0.1, 0.15) is 11.6 Å². The second-order valence-corrected chi connectivity index (χ2v) is 7.22. The molecule has 1 aliphatic rings. The first-order chi connectivity index (χ1) is 13.6. The SMILES string of the molecule is COc1ccccc1N1CCN(C(=O)NCC(c2ccccc2)N(C)C)CC1. The number of ether oxygens (including phenoxy) is 1. The van der Waals surface area contributed by atoms with Crippen molar-refractivity contribution in [3.63, 3.8) is 0 Å². The van der Waals surface area contributed by atoms with Gasteiger partial charge < -0.3 is 24.8 Å². The number of amides is 2. The number of hydrogen-bond acceptors (Lipinski definition) is 4. The lowest BCUT2D eigenvalue weighted by Crippen LogP contribution is -2.52. The number of methoxy groups -OCH3 is 1. The lowest BCUT2D eigenvalue weighted by Gasteiger charge is -2.37. The number of likely N-dealkylation sites (N-methyl/N-ethyl adjacent to an activating group) is 1. The van der Waals surface area contributed by atoms with Crippen LogP contribution in [0.4, 0.5) is 10.5 Å². The van der Waals surface area contributed by atoms with Gasteiger partial charge in [0.2, 0.25) is 0 Å². The van der Waals surface area contributed by atoms with Gasteiger partial charge in [0.05, 0.1) is 18.8 Å². The predicted molar refractivity (Wildman–Crippen MR) is 113 cm³/mol. The molecule has 6 heteroatoms. The summed E-state index contributed by atoms with van der Waals surface area (Å²) in [6.45, 7) is 3.57. The van der Waals surface area contributed by atoms with Crippen LogP contribution in [0, 0.1) is 0 Å². The maximum Gasteiger partial charge on any atom is 0.317 e. The van der Waals surface area contributed by atoms with E-state index in [0.29, 0.717) is 19.6 Å². The van der Waals surface area contributed by atoms with Gasteiger partial charge in [-0.3, -0.25) is 0 Å². The Kier molecular flexibility index (Phi) is 6.76. The number of urea groups is 1. The number of hydrogen-bond donors (Lipinski definition) is 1. The van der Waals surface area contributed by atoms with Crippen molar-refractivity contribution in [3.05, 3.63) is 60.2 Å². The number of rotatable bonds is 6. The molecule has 2 aromatic carbocycles. The molecule has 1 saturated heterocycles. The van der Waals surface area contributed by atoms with Gasteiger partial charge in [0.1, 0.15) is 5.75 Å². The van der Waals surface area contributed by atoms with E-state index in [0.717, 1.165) is 24.5 Å². The standard InChI is InChI=1S/C22H30N4O2/c1-24(2)20(18-9-5-4-6-10-18)17-23-22(27)26-15-13-25(14-16-26)19-11-7-8-12-21(19)28-3/h4-12,20H,13-17H2,1-3H3,(H,23,27). The molecule has 28 heavy (non-hydrogen) atoms. The molecule has 0 aromatic heterocycles. The van der Waals surface area contributed by atoms with Crippen LogP contribution in [0.2, 0.25) is 0 Å². The average molecular weight is 383 g/mol. The Labute approximate surface area is 167 Å². The summed E-state index contributed by atoms with van der Waals surface area (Å²) in [5, 5.41) is 3.11. The summed E-state index contributed by atoms with van der Waals surface area (Å²) in [6.07, 6.45) is 0. The van der Waals surface area contributed by atoms with Crippen LogP contribution in [0.25, 0.3) is 0 Å². The molecule has 1 heterocycles. The normalized spacial score (nSPS) is 15.4. The summed E-state index contributed by atoms with van der Waals surface area (Å²) in [5.41, 5.74) is 2.29. The monoisotopic (exact) mass is 382 g/mol. The van der Waals surface area contributed by atoms with E-state index in [1.165, 1.54) is 5.56 Å². The molecule has 1 N–H and O–H groups in total. The Hall–Kier alpha value is -2.73. The molecule has 1 unspecified atom stereocenters. The molecule has 0 radical (unpaired) electrons. The molecule has 2 aromatic rings. The Bertz CT molecular complexity index is 758. The van der Waals surface area contributed by atoms with E-state index >= 15 is 0 Å². The molecule has 0 bridgehead atoms. The number of para-hydroxylation sites is 2. The predicted octanol–water partition coefficient (Wildman–Crippen LogP) is 2.83. The quantitative estimate of drug-likeness (QED) is 0.835. The van der Waals surface area contributed by atoms with Crippen molar-refractivity contribution in [2.24, 2.45) is 0 Å². The number of nitrogens with one attached hydrogen (secondary N) is 1. The third-order valence-corrected chi connectivity index (χ3v) is 5.25. The molecule has 0 spiro atoms. The third-order valence-electron chi connectivity index (χ3n) is 5.25. The largest absolute Gasteiger partial charge is 0.495 e. The second-order valence-electron chi connectivity index (χ2n) is 7.22. The number of benzene rings is 2. The average Bonchev–Trinajstić information content (AvgIpc) is 2.74. The van der Waals surface area contributed by atoms with Gasteiger partial charge in [-0.15, -0.1) is 0 Å². The van der Waals surface area contributed by atoms with E-state index in [1.807, 2.05) is 55.4 Å². The van der Waals surface area contributed by atoms with Gasteiger partial charge in [0.25, 0.3) is 0 Å². The summed E-state index contributed by atoms with van der Waals surface area (Å²) in [4.78, 5) is 19.0. The first kappa shape index (κ1) is 20.0. The first-order valence-corrected chi connectivity index (χ1v) is 9.72. The molecule has 6 nitrogen and oxygen atoms in total. The minimum absolute atomic E-state index is 0.00228. The van der Waals surface area contributed by atoms with Crippen LogP contribution in [0.5, 0.6) is 5.75 Å². The molecule has 3 rings (SSSR count). The maximum atomic E-state index is 12.7. The van der Waals surface area contributed by atoms with E-state index in [1.54, 1.807) is 7.11 Å². The molecule has 2 amide bonds. The van der Waals surface area contributed by atoms with Crippen LogP contribution in [-0.4, -0.2) is 69.8 Å². The highest BCUT2D eigenvalue weighted by Crippen LogP contribution is 2.28. The zero-order valence-electron chi connectivity index (χ0n) is 17.0. The number of nitrogens with zero attached hydrogens (tertiary/aromatic N) is 3. The smallest absolute Gasteiger partial charge is 0.317 e. The van der Waals surface area contributed by atoms with Crippen LogP contribution < -0.4 is 15.0 Å². The van der Waals surface area contributed by atoms with Crippen LogP contribution >= 0.6 is 0 Å². The topological polar surface area (TPSA) is 48.1 Å². The van der Waals surface area contributed by atoms with Crippen molar-refractivity contribution < 1.29 is 9.53 Å². The van der Waals surface area contributed by atoms with Crippen molar-refractivity contribution in [1.82, 2.24) is 15.1 Å². The Morgan fingerprint density at radius 1 is 1.04 bits per heavy atom. The van der Waals surface area contributed by atoms with Crippen molar-refractivity contribution in [2.75, 3.05) is 58.8 Å². The summed E-state index contributed by atoms with van der Waals surface area (Å²) in [5.74, 6) is 0.872. The second kappa shape index (κ2) is 9.46. The van der Waals surface area contributed by atoms with Crippen molar-refractivity contribution in [1.29, 1.82) is 0 Å². The molecule has 1 atom stereocenters. The zero-order chi connectivity index (χ0) is 19.9. The lowest BCUT2D eigenvalue weighted by molar-refractivity contribution is 0.189. The third kappa shape index (κ3) is 4.75. The minimum atomic E-state index is 0.00228. The lowest BCUT2D eigenvalue weighted by atomic mass is 10.1. The molecule has 1 aliphatic heterocycles. The van der Waals surface area contributed by atoms with E-state index < -0.39 is 0 Å². The number of anilines is 1. The Morgan fingerprint density at radius 3 is 2.32 bits per heavy atom. The van der Waals surface area contributed by atoms with Crippen molar-refractivity contribution in [3.8, 4) is 5.75 Å². The molecular weight excluding hydrogens is 352 g/mol. The first-order valence-electron chi connectivity index (χ1n) is 9.72. The molecule has 0 aliphatic carbocycles. The summed E-state index contributed by atoms with van der Waals surface area (Å²) < 4.78 is 5.46. The van der Waals surface area contributed by atoms with Gasteiger partial charge in [-0.05, 0) is 31.8 Å². The fourth-order valence-electron chi connectivity index (χ4n) is 3.61. The number of carbonyl (C=O) groups is 1. The van der Waals surface area contributed by atoms with Gasteiger partial charge in [-0.1, -0.05) is 42.5 Å². The summed E-state index contributed by atoms with van der Waals surface area (Å²) in [7, 11) is 5.77. The van der Waals surface area contributed by atoms with E-state index in [4.69, 9.17) is 4.74 Å². The molecule has 1 fully saturated rings. The highest BCUT2D eigenvalue weighted by Gasteiger charge is 2.24. The fraction of sp³-hybridized carbons (Fsp3) is 0.409. The highest BCUT2D eigenvalue weighted by atomic mass is 16.5.